The molecule has 0 atom stereocenters. The quantitative estimate of drug-likeness (QED) is 0.159. The monoisotopic (exact) mass is 603 g/mol. The van der Waals surface area contributed by atoms with Crippen molar-refractivity contribution in [1.82, 2.24) is 10.2 Å². The Morgan fingerprint density at radius 1 is 0.886 bits per heavy atom. The molecule has 1 saturated heterocycles. The summed E-state index contributed by atoms with van der Waals surface area (Å²) < 4.78 is 20.4. The Bertz CT molecular complexity index is 1350. The summed E-state index contributed by atoms with van der Waals surface area (Å²) in [6, 6.07) is 18.2. The lowest BCUT2D eigenvalue weighted by Crippen LogP contribution is -2.37. The van der Waals surface area contributed by atoms with Crippen molar-refractivity contribution in [3.05, 3.63) is 78.1 Å². The predicted molar refractivity (Wildman–Crippen MR) is 176 cm³/mol. The molecule has 3 amide bonds. The van der Waals surface area contributed by atoms with Gasteiger partial charge in [-0.1, -0.05) is 27.7 Å². The lowest BCUT2D eigenvalue weighted by molar-refractivity contribution is 0.102. The van der Waals surface area contributed by atoms with Crippen molar-refractivity contribution in [2.75, 3.05) is 42.1 Å². The zero-order valence-electron chi connectivity index (χ0n) is 26.3. The number of likely N-dealkylation sites (tertiary alicyclic amines) is 1. The number of anilines is 3. The third-order valence-electron chi connectivity index (χ3n) is 7.93. The predicted octanol–water partition coefficient (Wildman–Crippen LogP) is 7.96. The van der Waals surface area contributed by atoms with Gasteiger partial charge in [0.05, 0.1) is 5.69 Å². The smallest absolute Gasteiger partial charge is 0.319 e. The Morgan fingerprint density at radius 3 is 2.14 bits per heavy atom. The number of halogens is 1. The lowest BCUT2D eigenvalue weighted by atomic mass is 9.96. The number of carbonyl (C=O) groups is 2. The van der Waals surface area contributed by atoms with Gasteiger partial charge in [0.25, 0.3) is 5.91 Å². The van der Waals surface area contributed by atoms with E-state index in [0.29, 0.717) is 28.8 Å². The highest BCUT2D eigenvalue weighted by atomic mass is 19.1. The van der Waals surface area contributed by atoms with E-state index in [4.69, 9.17) is 4.74 Å². The van der Waals surface area contributed by atoms with Crippen LogP contribution < -0.4 is 26.0 Å². The van der Waals surface area contributed by atoms with E-state index < -0.39 is 11.8 Å². The lowest BCUT2D eigenvalue weighted by Gasteiger charge is -2.33. The van der Waals surface area contributed by atoms with Crippen LogP contribution in [0.15, 0.2) is 66.7 Å². The molecule has 0 spiro atoms. The first-order chi connectivity index (χ1) is 21.2. The molecule has 0 saturated carbocycles. The fourth-order valence-corrected chi connectivity index (χ4v) is 5.33. The molecular formula is C35H46FN5O3. The van der Waals surface area contributed by atoms with Gasteiger partial charge in [-0.15, -0.1) is 0 Å². The van der Waals surface area contributed by atoms with E-state index in [1.165, 1.54) is 44.6 Å². The van der Waals surface area contributed by atoms with Gasteiger partial charge in [-0.3, -0.25) is 4.79 Å². The van der Waals surface area contributed by atoms with Crippen molar-refractivity contribution in [3.8, 4) is 11.5 Å². The number of hydrogen-bond acceptors (Lipinski definition) is 5. The van der Waals surface area contributed by atoms with Crippen molar-refractivity contribution < 1.29 is 18.7 Å². The summed E-state index contributed by atoms with van der Waals surface area (Å²) in [6.45, 7) is 13.0. The summed E-state index contributed by atoms with van der Waals surface area (Å²) in [7, 11) is 0. The Hall–Kier alpha value is -4.11. The topological polar surface area (TPSA) is 94.7 Å². The molecule has 0 bridgehead atoms. The Balaban J connectivity index is 1.22. The number of benzene rings is 3. The van der Waals surface area contributed by atoms with Crippen LogP contribution in [0.3, 0.4) is 0 Å². The standard InChI is InChI=1S/C35H46FN5O3/c1-5-27(6-2)39-35(43)40-33-16-15-31(21-32(33)36)44-30-13-11-29(12-14-30)38-34(42)26-7-9-28(10-8-26)37-22-25-17-19-41(20-18-25)23-24(3)4/h7-16,21,24-25,27,37H,5-6,17-20,22-23H2,1-4H3,(H,38,42)(H2,39,40,43). The summed E-state index contributed by atoms with van der Waals surface area (Å²) in [5, 5.41) is 11.8. The Labute approximate surface area is 260 Å². The molecule has 0 aliphatic carbocycles. The van der Waals surface area contributed by atoms with Crippen molar-refractivity contribution in [3.63, 3.8) is 0 Å². The number of hydrogen-bond donors (Lipinski definition) is 4. The van der Waals surface area contributed by atoms with Crippen LogP contribution in [-0.4, -0.2) is 49.1 Å². The van der Waals surface area contributed by atoms with Crippen LogP contribution in [-0.2, 0) is 0 Å². The minimum atomic E-state index is -0.602. The zero-order chi connectivity index (χ0) is 31.5. The van der Waals surface area contributed by atoms with Gasteiger partial charge in [0.2, 0.25) is 0 Å². The summed E-state index contributed by atoms with van der Waals surface area (Å²) >= 11 is 0. The van der Waals surface area contributed by atoms with Gasteiger partial charge in [0.15, 0.2) is 0 Å². The average Bonchev–Trinajstić information content (AvgIpc) is 3.02. The number of ether oxygens (including phenoxy) is 1. The molecule has 1 aliphatic rings. The van der Waals surface area contributed by atoms with Crippen molar-refractivity contribution in [2.45, 2.75) is 59.4 Å². The number of nitrogens with zero attached hydrogens (tertiary/aromatic N) is 1. The van der Waals surface area contributed by atoms with Crippen LogP contribution in [0.4, 0.5) is 26.2 Å². The van der Waals surface area contributed by atoms with Gasteiger partial charge in [0, 0.05) is 42.1 Å². The highest BCUT2D eigenvalue weighted by molar-refractivity contribution is 6.04. The van der Waals surface area contributed by atoms with E-state index >= 15 is 0 Å². The molecule has 1 fully saturated rings. The van der Waals surface area contributed by atoms with Gasteiger partial charge < -0.3 is 30.9 Å². The van der Waals surface area contributed by atoms with Crippen LogP contribution >= 0.6 is 0 Å². The first-order valence-electron chi connectivity index (χ1n) is 15.7. The van der Waals surface area contributed by atoms with Crippen molar-refractivity contribution in [1.29, 1.82) is 0 Å². The van der Waals surface area contributed by atoms with Gasteiger partial charge in [0.1, 0.15) is 17.3 Å². The van der Waals surface area contributed by atoms with E-state index in [1.807, 2.05) is 38.1 Å². The summed E-state index contributed by atoms with van der Waals surface area (Å²) in [4.78, 5) is 27.5. The SMILES string of the molecule is CCC(CC)NC(=O)Nc1ccc(Oc2ccc(NC(=O)c3ccc(NCC4CCN(CC(C)C)CC4)cc3)cc2)cc1F. The number of nitrogens with one attached hydrogen (secondary N) is 4. The Kier molecular flexibility index (Phi) is 12.0. The summed E-state index contributed by atoms with van der Waals surface area (Å²) in [5.74, 6) is 1.34. The highest BCUT2D eigenvalue weighted by Gasteiger charge is 2.19. The molecular weight excluding hydrogens is 557 g/mol. The number of rotatable bonds is 13. The van der Waals surface area contributed by atoms with Gasteiger partial charge >= 0.3 is 6.03 Å². The van der Waals surface area contributed by atoms with Crippen LogP contribution in [0.5, 0.6) is 11.5 Å². The maximum atomic E-state index is 14.6. The first-order valence-corrected chi connectivity index (χ1v) is 15.7. The third kappa shape index (κ3) is 9.98. The maximum absolute atomic E-state index is 14.6. The van der Waals surface area contributed by atoms with Crippen LogP contribution in [0, 0.1) is 17.7 Å². The molecule has 0 radical (unpaired) electrons. The van der Waals surface area contributed by atoms with E-state index in [1.54, 1.807) is 30.3 Å². The molecule has 8 nitrogen and oxygen atoms in total. The molecule has 3 aromatic rings. The number of carbonyl (C=O) groups excluding carboxylic acids is 2. The second-order valence-electron chi connectivity index (χ2n) is 11.9. The highest BCUT2D eigenvalue weighted by Crippen LogP contribution is 2.27. The fraction of sp³-hybridized carbons (Fsp3) is 0.429. The third-order valence-corrected chi connectivity index (χ3v) is 7.93. The molecule has 236 valence electrons. The second kappa shape index (κ2) is 16.1. The molecule has 1 heterocycles. The molecule has 3 aromatic carbocycles. The minimum Gasteiger partial charge on any atom is -0.457 e. The van der Waals surface area contributed by atoms with E-state index in [0.717, 1.165) is 25.1 Å². The minimum absolute atomic E-state index is 0.0361. The van der Waals surface area contributed by atoms with Crippen LogP contribution in [0.2, 0.25) is 0 Å². The first kappa shape index (κ1) is 32.8. The summed E-state index contributed by atoms with van der Waals surface area (Å²) in [6.07, 6.45) is 4.02. The summed E-state index contributed by atoms with van der Waals surface area (Å²) in [5.41, 5.74) is 2.26. The average molecular weight is 604 g/mol. The van der Waals surface area contributed by atoms with E-state index in [2.05, 4.69) is 40.0 Å². The van der Waals surface area contributed by atoms with Crippen molar-refractivity contribution in [2.24, 2.45) is 11.8 Å². The number of amides is 3. The molecule has 0 unspecified atom stereocenters. The number of urea groups is 1. The molecule has 9 heteroatoms. The van der Waals surface area contributed by atoms with E-state index in [-0.39, 0.29) is 23.4 Å². The number of piperidine rings is 1. The van der Waals surface area contributed by atoms with Gasteiger partial charge in [-0.25, -0.2) is 9.18 Å². The second-order valence-corrected chi connectivity index (χ2v) is 11.9. The zero-order valence-corrected chi connectivity index (χ0v) is 26.3. The Morgan fingerprint density at radius 2 is 1.52 bits per heavy atom. The van der Waals surface area contributed by atoms with Gasteiger partial charge in [-0.05, 0) is 111 Å². The molecule has 4 rings (SSSR count). The van der Waals surface area contributed by atoms with Crippen LogP contribution in [0.25, 0.3) is 0 Å². The molecule has 0 aromatic heterocycles. The normalized spacial score (nSPS) is 14.0. The van der Waals surface area contributed by atoms with Crippen molar-refractivity contribution >= 4 is 29.0 Å². The van der Waals surface area contributed by atoms with Gasteiger partial charge in [-0.2, -0.15) is 0 Å². The molecule has 44 heavy (non-hydrogen) atoms. The largest absolute Gasteiger partial charge is 0.457 e. The molecule has 4 N–H and O–H groups in total. The van der Waals surface area contributed by atoms with Crippen LogP contribution in [0.1, 0.15) is 63.7 Å². The molecule has 1 aliphatic heterocycles. The van der Waals surface area contributed by atoms with E-state index in [9.17, 15) is 14.0 Å². The fourth-order valence-electron chi connectivity index (χ4n) is 5.33. The maximum Gasteiger partial charge on any atom is 0.319 e.